The number of para-hydroxylation sites is 1. The van der Waals surface area contributed by atoms with E-state index in [1.165, 1.54) is 6.21 Å². The van der Waals surface area contributed by atoms with Crippen LogP contribution in [0.4, 0.5) is 0 Å². The summed E-state index contributed by atoms with van der Waals surface area (Å²) in [6.07, 6.45) is 2.05. The summed E-state index contributed by atoms with van der Waals surface area (Å²) in [6.45, 7) is 0. The van der Waals surface area contributed by atoms with E-state index in [0.29, 0.717) is 22.0 Å². The molecule has 0 aliphatic heterocycles. The summed E-state index contributed by atoms with van der Waals surface area (Å²) >= 11 is 12.0. The number of nitrogens with one attached hydrogen (secondary N) is 1. The lowest BCUT2D eigenvalue weighted by molar-refractivity contribution is -0.121. The van der Waals surface area contributed by atoms with E-state index in [0.717, 1.165) is 5.56 Å². The number of amides is 1. The molecular weight excluding hydrogens is 323 g/mol. The monoisotopic (exact) mass is 336 g/mol. The van der Waals surface area contributed by atoms with Gasteiger partial charge in [-0.25, -0.2) is 5.43 Å². The minimum atomic E-state index is -0.261. The van der Waals surface area contributed by atoms with Crippen LogP contribution in [0.3, 0.4) is 0 Å². The third-order valence-electron chi connectivity index (χ3n) is 3.00. The Bertz CT molecular complexity index is 682. The van der Waals surface area contributed by atoms with Crippen molar-refractivity contribution in [3.05, 3.63) is 63.6 Å². The van der Waals surface area contributed by atoms with Crippen molar-refractivity contribution >= 4 is 35.3 Å². The molecule has 2 rings (SSSR count). The second-order valence-electron chi connectivity index (χ2n) is 4.56. The number of nitrogens with zero attached hydrogens (tertiary/aromatic N) is 1. The van der Waals surface area contributed by atoms with Gasteiger partial charge in [-0.3, -0.25) is 4.79 Å². The van der Waals surface area contributed by atoms with Gasteiger partial charge in [-0.2, -0.15) is 5.10 Å². The highest BCUT2D eigenvalue weighted by molar-refractivity contribution is 6.38. The normalized spacial score (nSPS) is 10.8. The van der Waals surface area contributed by atoms with Crippen LogP contribution in [0.15, 0.2) is 47.6 Å². The molecule has 0 saturated heterocycles. The molecule has 0 saturated carbocycles. The van der Waals surface area contributed by atoms with Gasteiger partial charge in [0.2, 0.25) is 5.91 Å². The van der Waals surface area contributed by atoms with Crippen LogP contribution in [-0.2, 0) is 11.2 Å². The van der Waals surface area contributed by atoms with E-state index in [4.69, 9.17) is 23.2 Å². The average molecular weight is 337 g/mol. The maximum absolute atomic E-state index is 11.7. The first kappa shape index (κ1) is 16.3. The molecule has 2 aromatic carbocycles. The summed E-state index contributed by atoms with van der Waals surface area (Å²) in [6, 6.07) is 12.0. The number of hydrogen-bond acceptors (Lipinski definition) is 3. The lowest BCUT2D eigenvalue weighted by atomic mass is 10.1. The van der Waals surface area contributed by atoms with Crippen molar-refractivity contribution in [3.8, 4) is 5.75 Å². The number of halogens is 2. The van der Waals surface area contributed by atoms with Crippen LogP contribution in [-0.4, -0.2) is 17.2 Å². The third-order valence-corrected chi connectivity index (χ3v) is 3.65. The molecule has 0 fully saturated rings. The Labute approximate surface area is 138 Å². The number of carbonyl (C=O) groups is 1. The number of phenols is 1. The van der Waals surface area contributed by atoms with Crippen LogP contribution in [0.2, 0.25) is 10.0 Å². The topological polar surface area (TPSA) is 61.7 Å². The summed E-state index contributed by atoms with van der Waals surface area (Å²) in [5.74, 6) is -0.0793. The van der Waals surface area contributed by atoms with E-state index in [1.54, 1.807) is 36.4 Å². The molecule has 0 heterocycles. The number of phenolic OH excluding ortho intramolecular Hbond substituents is 1. The first-order chi connectivity index (χ1) is 10.6. The van der Waals surface area contributed by atoms with Gasteiger partial charge in [0, 0.05) is 12.0 Å². The predicted molar refractivity (Wildman–Crippen MR) is 88.6 cm³/mol. The van der Waals surface area contributed by atoms with Crippen molar-refractivity contribution in [3.63, 3.8) is 0 Å². The van der Waals surface area contributed by atoms with Crippen LogP contribution in [0.5, 0.6) is 5.75 Å². The van der Waals surface area contributed by atoms with E-state index in [2.05, 4.69) is 10.5 Å². The van der Waals surface area contributed by atoms with E-state index in [1.807, 2.05) is 6.07 Å². The zero-order valence-corrected chi connectivity index (χ0v) is 13.1. The van der Waals surface area contributed by atoms with Crippen LogP contribution in [0, 0.1) is 0 Å². The molecule has 0 radical (unpaired) electrons. The number of aryl methyl sites for hydroxylation is 1. The number of benzene rings is 2. The Morgan fingerprint density at radius 2 is 1.82 bits per heavy atom. The molecule has 0 spiro atoms. The predicted octanol–water partition coefficient (Wildman–Crippen LogP) is 3.78. The van der Waals surface area contributed by atoms with E-state index in [-0.39, 0.29) is 18.1 Å². The Hall–Kier alpha value is -2.04. The molecule has 1 amide bonds. The fourth-order valence-electron chi connectivity index (χ4n) is 1.83. The van der Waals surface area contributed by atoms with Crippen LogP contribution in [0.25, 0.3) is 0 Å². The van der Waals surface area contributed by atoms with Crippen molar-refractivity contribution in [1.82, 2.24) is 5.43 Å². The van der Waals surface area contributed by atoms with Gasteiger partial charge < -0.3 is 5.11 Å². The molecule has 0 aliphatic rings. The van der Waals surface area contributed by atoms with Gasteiger partial charge in [0.15, 0.2) is 0 Å². The standard InChI is InChI=1S/C16H14Cl2N2O2/c17-13-5-3-6-14(18)12(13)10-19-20-16(22)9-8-11-4-1-2-7-15(11)21/h1-7,10,21H,8-9H2,(H,20,22). The molecule has 22 heavy (non-hydrogen) atoms. The number of carbonyl (C=O) groups excluding carboxylic acids is 1. The van der Waals surface area contributed by atoms with E-state index in [9.17, 15) is 9.90 Å². The van der Waals surface area contributed by atoms with Gasteiger partial charge in [-0.05, 0) is 30.2 Å². The molecule has 114 valence electrons. The van der Waals surface area contributed by atoms with Gasteiger partial charge >= 0.3 is 0 Å². The molecule has 4 nitrogen and oxygen atoms in total. The third kappa shape index (κ3) is 4.48. The summed E-state index contributed by atoms with van der Waals surface area (Å²) in [4.78, 5) is 11.7. The number of hydrogen-bond donors (Lipinski definition) is 2. The second kappa shape index (κ2) is 7.82. The van der Waals surface area contributed by atoms with Gasteiger partial charge in [0.25, 0.3) is 0 Å². The minimum absolute atomic E-state index is 0.182. The van der Waals surface area contributed by atoms with Crippen LogP contribution >= 0.6 is 23.2 Å². The first-order valence-corrected chi connectivity index (χ1v) is 7.36. The SMILES string of the molecule is O=C(CCc1ccccc1O)NN=Cc1c(Cl)cccc1Cl. The summed E-state index contributed by atoms with van der Waals surface area (Å²) in [7, 11) is 0. The van der Waals surface area contributed by atoms with Crippen molar-refractivity contribution < 1.29 is 9.90 Å². The molecule has 0 atom stereocenters. The first-order valence-electron chi connectivity index (χ1n) is 6.60. The summed E-state index contributed by atoms with van der Waals surface area (Å²) in [5.41, 5.74) is 3.67. The van der Waals surface area contributed by atoms with Crippen molar-refractivity contribution in [1.29, 1.82) is 0 Å². The molecule has 0 unspecified atom stereocenters. The smallest absolute Gasteiger partial charge is 0.240 e. The summed E-state index contributed by atoms with van der Waals surface area (Å²) < 4.78 is 0. The Balaban J connectivity index is 1.88. The van der Waals surface area contributed by atoms with Crippen LogP contribution in [0.1, 0.15) is 17.5 Å². The van der Waals surface area contributed by atoms with Crippen molar-refractivity contribution in [2.24, 2.45) is 5.10 Å². The van der Waals surface area contributed by atoms with E-state index >= 15 is 0 Å². The Kier molecular flexibility index (Phi) is 5.81. The van der Waals surface area contributed by atoms with Crippen molar-refractivity contribution in [2.45, 2.75) is 12.8 Å². The Morgan fingerprint density at radius 1 is 1.14 bits per heavy atom. The fourth-order valence-corrected chi connectivity index (χ4v) is 2.32. The maximum atomic E-state index is 11.7. The summed E-state index contributed by atoms with van der Waals surface area (Å²) in [5, 5.41) is 14.4. The number of hydrazone groups is 1. The quantitative estimate of drug-likeness (QED) is 0.644. The van der Waals surface area contributed by atoms with Crippen LogP contribution < -0.4 is 5.43 Å². The highest BCUT2D eigenvalue weighted by atomic mass is 35.5. The van der Waals surface area contributed by atoms with Gasteiger partial charge in [-0.1, -0.05) is 47.5 Å². The number of aromatic hydroxyl groups is 1. The fraction of sp³-hybridized carbons (Fsp3) is 0.125. The highest BCUT2D eigenvalue weighted by Gasteiger charge is 2.05. The van der Waals surface area contributed by atoms with Gasteiger partial charge in [0.05, 0.1) is 16.3 Å². The molecule has 0 bridgehead atoms. The lowest BCUT2D eigenvalue weighted by Gasteiger charge is -2.04. The molecule has 2 aromatic rings. The van der Waals surface area contributed by atoms with Gasteiger partial charge in [0.1, 0.15) is 5.75 Å². The maximum Gasteiger partial charge on any atom is 0.240 e. The Morgan fingerprint density at radius 3 is 2.50 bits per heavy atom. The van der Waals surface area contributed by atoms with E-state index < -0.39 is 0 Å². The van der Waals surface area contributed by atoms with Crippen molar-refractivity contribution in [2.75, 3.05) is 0 Å². The zero-order valence-electron chi connectivity index (χ0n) is 11.6. The molecule has 0 aliphatic carbocycles. The lowest BCUT2D eigenvalue weighted by Crippen LogP contribution is -2.18. The molecule has 2 N–H and O–H groups in total. The minimum Gasteiger partial charge on any atom is -0.508 e. The van der Waals surface area contributed by atoms with Gasteiger partial charge in [-0.15, -0.1) is 0 Å². The highest BCUT2D eigenvalue weighted by Crippen LogP contribution is 2.22. The molecule has 0 aromatic heterocycles. The molecular formula is C16H14Cl2N2O2. The second-order valence-corrected chi connectivity index (χ2v) is 5.37. The number of rotatable bonds is 5. The zero-order chi connectivity index (χ0) is 15.9. The largest absolute Gasteiger partial charge is 0.508 e. The average Bonchev–Trinajstić information content (AvgIpc) is 2.49. The molecule has 6 heteroatoms.